The number of hydrogen-bond donors (Lipinski definition) is 2. The molecule has 1 aliphatic carbocycles. The van der Waals surface area contributed by atoms with Crippen molar-refractivity contribution in [2.75, 3.05) is 20.2 Å². The highest BCUT2D eigenvalue weighted by atomic mass is 16.5. The maximum atomic E-state index is 12.4. The first kappa shape index (κ1) is 23.8. The fourth-order valence-corrected chi connectivity index (χ4v) is 6.00. The van der Waals surface area contributed by atoms with E-state index >= 15 is 0 Å². The highest BCUT2D eigenvalue weighted by molar-refractivity contribution is 5.83. The van der Waals surface area contributed by atoms with Crippen LogP contribution >= 0.6 is 0 Å². The summed E-state index contributed by atoms with van der Waals surface area (Å²) in [6.07, 6.45) is 5.71. The van der Waals surface area contributed by atoms with Crippen LogP contribution in [0.15, 0.2) is 60.8 Å². The zero-order valence-corrected chi connectivity index (χ0v) is 20.3. The molecule has 35 heavy (non-hydrogen) atoms. The van der Waals surface area contributed by atoms with Crippen molar-refractivity contribution < 1.29 is 14.6 Å². The third-order valence-electron chi connectivity index (χ3n) is 8.21. The second-order valence-electron chi connectivity index (χ2n) is 10.2. The summed E-state index contributed by atoms with van der Waals surface area (Å²) in [6.45, 7) is 1.73. The molecule has 2 fully saturated rings. The summed E-state index contributed by atoms with van der Waals surface area (Å²) in [7, 11) is 1.63. The molecule has 6 heteroatoms. The summed E-state index contributed by atoms with van der Waals surface area (Å²) >= 11 is 0. The van der Waals surface area contributed by atoms with Gasteiger partial charge in [0.25, 0.3) is 0 Å². The second kappa shape index (κ2) is 10.3. The van der Waals surface area contributed by atoms with Gasteiger partial charge >= 0.3 is 0 Å². The number of rotatable bonds is 8. The lowest BCUT2D eigenvalue weighted by atomic mass is 9.73. The number of amides is 1. The molecule has 1 saturated carbocycles. The van der Waals surface area contributed by atoms with E-state index in [1.54, 1.807) is 13.3 Å². The Morgan fingerprint density at radius 1 is 1.20 bits per heavy atom. The molecule has 0 bridgehead atoms. The van der Waals surface area contributed by atoms with Crippen LogP contribution in [0.5, 0.6) is 5.75 Å². The quantitative estimate of drug-likeness (QED) is 0.505. The molecule has 2 aromatic carbocycles. The number of carbonyl (C=O) groups is 1. The molecular formula is C29H35N3O3. The number of aromatic nitrogens is 1. The van der Waals surface area contributed by atoms with Crippen molar-refractivity contribution in [1.82, 2.24) is 9.88 Å². The van der Waals surface area contributed by atoms with Gasteiger partial charge in [0.2, 0.25) is 5.91 Å². The lowest BCUT2D eigenvalue weighted by molar-refractivity contribution is -0.126. The normalized spacial score (nSPS) is 25.7. The first-order chi connectivity index (χ1) is 17.0. The molecule has 2 heterocycles. The van der Waals surface area contributed by atoms with Crippen LogP contribution in [0.3, 0.4) is 0 Å². The predicted molar refractivity (Wildman–Crippen MR) is 137 cm³/mol. The van der Waals surface area contributed by atoms with Crippen LogP contribution in [0, 0.1) is 11.8 Å². The number of piperidine rings is 1. The predicted octanol–water partition coefficient (Wildman–Crippen LogP) is 4.43. The molecule has 3 N–H and O–H groups in total. The van der Waals surface area contributed by atoms with E-state index in [1.165, 1.54) is 5.56 Å². The smallest absolute Gasteiger partial charge is 0.222 e. The molecule has 0 radical (unpaired) electrons. The Morgan fingerprint density at radius 3 is 2.74 bits per heavy atom. The molecule has 0 spiro atoms. The highest BCUT2D eigenvalue weighted by Gasteiger charge is 2.40. The molecule has 1 unspecified atom stereocenters. The molecule has 1 saturated heterocycles. The maximum Gasteiger partial charge on any atom is 0.222 e. The van der Waals surface area contributed by atoms with Crippen LogP contribution < -0.4 is 10.5 Å². The summed E-state index contributed by atoms with van der Waals surface area (Å²) in [6, 6.07) is 18.8. The van der Waals surface area contributed by atoms with Crippen molar-refractivity contribution in [1.29, 1.82) is 0 Å². The van der Waals surface area contributed by atoms with Crippen molar-refractivity contribution in [3.8, 4) is 5.75 Å². The first-order valence-corrected chi connectivity index (χ1v) is 12.7. The third-order valence-corrected chi connectivity index (χ3v) is 8.21. The average Bonchev–Trinajstić information content (AvgIpc) is 2.86. The Bertz CT molecular complexity index is 1160. The van der Waals surface area contributed by atoms with Crippen molar-refractivity contribution in [2.45, 2.75) is 50.2 Å². The van der Waals surface area contributed by atoms with Gasteiger partial charge in [0.15, 0.2) is 0 Å². The Kier molecular flexibility index (Phi) is 7.02. The van der Waals surface area contributed by atoms with Gasteiger partial charge < -0.3 is 15.6 Å². The number of fused-ring (bicyclic) bond motifs is 1. The highest BCUT2D eigenvalue weighted by Crippen LogP contribution is 2.42. The summed E-state index contributed by atoms with van der Waals surface area (Å²) in [5.41, 5.74) is 8.97. The minimum Gasteiger partial charge on any atom is -0.497 e. The van der Waals surface area contributed by atoms with Gasteiger partial charge in [0, 0.05) is 24.2 Å². The number of primary amides is 1. The van der Waals surface area contributed by atoms with E-state index in [4.69, 9.17) is 10.5 Å². The molecular weight excluding hydrogens is 438 g/mol. The van der Waals surface area contributed by atoms with E-state index in [-0.39, 0.29) is 17.7 Å². The minimum absolute atomic E-state index is 0.166. The van der Waals surface area contributed by atoms with Gasteiger partial charge in [-0.25, -0.2) is 0 Å². The van der Waals surface area contributed by atoms with Crippen LogP contribution in [0.4, 0.5) is 0 Å². The van der Waals surface area contributed by atoms with Gasteiger partial charge in [0.1, 0.15) is 5.75 Å². The zero-order valence-electron chi connectivity index (χ0n) is 20.3. The van der Waals surface area contributed by atoms with E-state index < -0.39 is 6.10 Å². The van der Waals surface area contributed by atoms with Gasteiger partial charge in [-0.15, -0.1) is 0 Å². The molecule has 2 aliphatic rings. The number of ether oxygens (including phenoxy) is 1. The summed E-state index contributed by atoms with van der Waals surface area (Å²) < 4.78 is 5.36. The molecule has 184 valence electrons. The fourth-order valence-electron chi connectivity index (χ4n) is 6.00. The summed E-state index contributed by atoms with van der Waals surface area (Å²) in [5.74, 6) is 1.18. The van der Waals surface area contributed by atoms with Crippen LogP contribution in [0.1, 0.15) is 55.3 Å². The lowest BCUT2D eigenvalue weighted by Gasteiger charge is -2.48. The van der Waals surface area contributed by atoms with E-state index in [0.29, 0.717) is 18.4 Å². The third kappa shape index (κ3) is 5.04. The van der Waals surface area contributed by atoms with Gasteiger partial charge in [-0.05, 0) is 85.9 Å². The Morgan fingerprint density at radius 2 is 2.00 bits per heavy atom. The number of aliphatic hydroxyl groups excluding tert-OH is 1. The number of carbonyl (C=O) groups excluding carboxylic acids is 1. The largest absolute Gasteiger partial charge is 0.497 e. The Labute approximate surface area is 207 Å². The number of nitrogens with two attached hydrogens (primary N) is 1. The molecule has 3 atom stereocenters. The first-order valence-electron chi connectivity index (χ1n) is 12.7. The van der Waals surface area contributed by atoms with Gasteiger partial charge in [-0.1, -0.05) is 30.3 Å². The van der Waals surface area contributed by atoms with E-state index in [0.717, 1.165) is 61.0 Å². The van der Waals surface area contributed by atoms with Gasteiger partial charge in [-0.2, -0.15) is 0 Å². The molecule has 6 nitrogen and oxygen atoms in total. The number of benzene rings is 2. The van der Waals surface area contributed by atoms with E-state index in [2.05, 4.69) is 40.2 Å². The van der Waals surface area contributed by atoms with Crippen LogP contribution in [0.2, 0.25) is 0 Å². The van der Waals surface area contributed by atoms with Crippen molar-refractivity contribution >= 4 is 16.8 Å². The zero-order chi connectivity index (χ0) is 24.4. The molecule has 5 rings (SSSR count). The van der Waals surface area contributed by atoms with Gasteiger partial charge in [0.05, 0.1) is 24.6 Å². The van der Waals surface area contributed by atoms with Gasteiger partial charge in [-0.3, -0.25) is 14.7 Å². The number of nitrogens with zero attached hydrogens (tertiary/aromatic N) is 2. The minimum atomic E-state index is -0.627. The van der Waals surface area contributed by atoms with Crippen LogP contribution in [-0.4, -0.2) is 47.1 Å². The number of pyridine rings is 1. The van der Waals surface area contributed by atoms with Crippen LogP contribution in [0.25, 0.3) is 10.9 Å². The second-order valence-corrected chi connectivity index (χ2v) is 10.2. The van der Waals surface area contributed by atoms with E-state index in [1.807, 2.05) is 24.3 Å². The maximum absolute atomic E-state index is 12.4. The molecule has 1 aromatic heterocycles. The number of likely N-dealkylation sites (tertiary alicyclic amines) is 1. The summed E-state index contributed by atoms with van der Waals surface area (Å²) in [4.78, 5) is 19.3. The van der Waals surface area contributed by atoms with Crippen molar-refractivity contribution in [3.05, 3.63) is 71.9 Å². The standard InChI is InChI=1S/C29H35N3O3/c1-35-23-8-9-27-25(17-23)24(11-13-31-27)28(33)10-7-20-12-14-32(18-26(20)29(30)34)22-15-21(16-22)19-5-3-2-4-6-19/h2-6,8-9,11,13,17,20-22,26,28,33H,7,10,12,14-16,18H2,1H3,(H2,30,34)/t20-,21?,22?,26+,28?/m1/s1. The molecule has 1 amide bonds. The lowest BCUT2D eigenvalue weighted by Crippen LogP contribution is -2.53. The molecule has 3 aromatic rings. The number of aliphatic hydroxyl groups is 1. The SMILES string of the molecule is COc1ccc2nccc(C(O)CC[C@@H]3CCN(C4CC(c5ccccc5)C4)C[C@@H]3C(N)=O)c2c1. The summed E-state index contributed by atoms with van der Waals surface area (Å²) in [5, 5.41) is 12.0. The van der Waals surface area contributed by atoms with Crippen molar-refractivity contribution in [2.24, 2.45) is 17.6 Å². The van der Waals surface area contributed by atoms with E-state index in [9.17, 15) is 9.90 Å². The van der Waals surface area contributed by atoms with Crippen LogP contribution in [-0.2, 0) is 4.79 Å². The number of methoxy groups -OCH3 is 1. The number of hydrogen-bond acceptors (Lipinski definition) is 5. The topological polar surface area (TPSA) is 88.7 Å². The Hall–Kier alpha value is -2.96. The Balaban J connectivity index is 1.20. The van der Waals surface area contributed by atoms with Crippen molar-refractivity contribution in [3.63, 3.8) is 0 Å². The molecule has 1 aliphatic heterocycles. The monoisotopic (exact) mass is 473 g/mol. The fraction of sp³-hybridized carbons (Fsp3) is 0.448. The average molecular weight is 474 g/mol.